The van der Waals surface area contributed by atoms with Crippen molar-refractivity contribution in [1.29, 1.82) is 0 Å². The van der Waals surface area contributed by atoms with Gasteiger partial charge >= 0.3 is 0 Å². The Labute approximate surface area is 141 Å². The summed E-state index contributed by atoms with van der Waals surface area (Å²) in [5, 5.41) is 3.70. The highest BCUT2D eigenvalue weighted by Gasteiger charge is 2.15. The van der Waals surface area contributed by atoms with Gasteiger partial charge in [-0.2, -0.15) is 0 Å². The number of rotatable bonds is 2. The fourth-order valence-electron chi connectivity index (χ4n) is 2.70. The minimum Gasteiger partial charge on any atom is -0.460 e. The van der Waals surface area contributed by atoms with E-state index in [1.54, 1.807) is 11.8 Å². The zero-order valence-electron chi connectivity index (χ0n) is 12.0. The van der Waals surface area contributed by atoms with Crippen molar-refractivity contribution in [3.63, 3.8) is 0 Å². The van der Waals surface area contributed by atoms with Gasteiger partial charge in [-0.05, 0) is 48.0 Å². The normalized spacial score (nSPS) is 11.4. The van der Waals surface area contributed by atoms with Crippen LogP contribution in [0.25, 0.3) is 21.7 Å². The number of fused-ring (bicyclic) bond motifs is 3. The summed E-state index contributed by atoms with van der Waals surface area (Å²) in [6.07, 6.45) is 0. The molecule has 4 rings (SSSR count). The highest BCUT2D eigenvalue weighted by atomic mass is 79.9. The Kier molecular flexibility index (Phi) is 3.47. The Morgan fingerprint density at radius 1 is 0.909 bits per heavy atom. The van der Waals surface area contributed by atoms with Crippen molar-refractivity contribution in [1.82, 2.24) is 0 Å². The van der Waals surface area contributed by atoms with E-state index in [2.05, 4.69) is 76.6 Å². The molecule has 3 heteroatoms. The minimum absolute atomic E-state index is 0.954. The summed E-state index contributed by atoms with van der Waals surface area (Å²) in [6, 6.07) is 21.0. The van der Waals surface area contributed by atoms with Gasteiger partial charge in [0, 0.05) is 14.8 Å². The second kappa shape index (κ2) is 5.49. The van der Waals surface area contributed by atoms with E-state index in [0.29, 0.717) is 0 Å². The number of aryl methyl sites for hydroxylation is 1. The maximum atomic E-state index is 5.97. The quantitative estimate of drug-likeness (QED) is 0.385. The first-order chi connectivity index (χ1) is 10.7. The molecule has 1 nitrogen and oxygen atoms in total. The van der Waals surface area contributed by atoms with Gasteiger partial charge < -0.3 is 4.42 Å². The molecule has 0 aliphatic heterocycles. The van der Waals surface area contributed by atoms with Gasteiger partial charge in [-0.1, -0.05) is 58.0 Å². The van der Waals surface area contributed by atoms with E-state index < -0.39 is 0 Å². The SMILES string of the molecule is Cc1oc2ccc3ccccc3c2c1Sc1ccc(Br)cc1. The predicted octanol–water partition coefficient (Wildman–Crippen LogP) is 6.81. The molecule has 0 unspecified atom stereocenters. The Bertz CT molecular complexity index is 970. The number of benzene rings is 3. The standard InChI is InChI=1S/C19H13BrOS/c1-12-19(22-15-9-7-14(20)8-10-15)18-16-5-3-2-4-13(16)6-11-17(18)21-12/h2-11H,1H3. The molecule has 22 heavy (non-hydrogen) atoms. The van der Waals surface area contributed by atoms with Gasteiger partial charge in [-0.3, -0.25) is 0 Å². The summed E-state index contributed by atoms with van der Waals surface area (Å²) < 4.78 is 7.07. The van der Waals surface area contributed by atoms with Gasteiger partial charge in [-0.15, -0.1) is 0 Å². The van der Waals surface area contributed by atoms with Crippen molar-refractivity contribution in [3.05, 3.63) is 70.9 Å². The van der Waals surface area contributed by atoms with Crippen LogP contribution in [0.2, 0.25) is 0 Å². The van der Waals surface area contributed by atoms with Crippen LogP contribution in [0.15, 0.2) is 79.3 Å². The molecule has 0 bridgehead atoms. The minimum atomic E-state index is 0.954. The maximum absolute atomic E-state index is 5.97. The van der Waals surface area contributed by atoms with Crippen molar-refractivity contribution in [3.8, 4) is 0 Å². The molecule has 3 aromatic carbocycles. The lowest BCUT2D eigenvalue weighted by atomic mass is 10.1. The highest BCUT2D eigenvalue weighted by Crippen LogP contribution is 2.41. The van der Waals surface area contributed by atoms with Crippen LogP contribution in [0.1, 0.15) is 5.76 Å². The second-order valence-electron chi connectivity index (χ2n) is 5.20. The third-order valence-electron chi connectivity index (χ3n) is 3.73. The van der Waals surface area contributed by atoms with Crippen LogP contribution in [0, 0.1) is 6.92 Å². The smallest absolute Gasteiger partial charge is 0.136 e. The van der Waals surface area contributed by atoms with E-state index in [1.165, 1.54) is 25.9 Å². The molecule has 0 radical (unpaired) electrons. The Morgan fingerprint density at radius 3 is 2.50 bits per heavy atom. The van der Waals surface area contributed by atoms with E-state index in [1.807, 2.05) is 6.92 Å². The first-order valence-corrected chi connectivity index (χ1v) is 8.67. The maximum Gasteiger partial charge on any atom is 0.136 e. The van der Waals surface area contributed by atoms with E-state index in [0.717, 1.165) is 15.8 Å². The van der Waals surface area contributed by atoms with Crippen LogP contribution >= 0.6 is 27.7 Å². The van der Waals surface area contributed by atoms with Gasteiger partial charge in [0.2, 0.25) is 0 Å². The lowest BCUT2D eigenvalue weighted by molar-refractivity contribution is 0.568. The van der Waals surface area contributed by atoms with Crippen LogP contribution in [0.3, 0.4) is 0 Å². The fraction of sp³-hybridized carbons (Fsp3) is 0.0526. The van der Waals surface area contributed by atoms with Crippen molar-refractivity contribution < 1.29 is 4.42 Å². The number of hydrogen-bond donors (Lipinski definition) is 0. The molecule has 0 N–H and O–H groups in total. The topological polar surface area (TPSA) is 13.1 Å². The average Bonchev–Trinajstić information content (AvgIpc) is 2.86. The van der Waals surface area contributed by atoms with Crippen LogP contribution in [-0.2, 0) is 0 Å². The summed E-state index contributed by atoms with van der Waals surface area (Å²) in [5.74, 6) is 0.972. The van der Waals surface area contributed by atoms with Crippen LogP contribution in [-0.4, -0.2) is 0 Å². The molecule has 108 valence electrons. The highest BCUT2D eigenvalue weighted by molar-refractivity contribution is 9.10. The molecule has 1 aromatic heterocycles. The van der Waals surface area contributed by atoms with Crippen molar-refractivity contribution in [2.45, 2.75) is 16.7 Å². The van der Waals surface area contributed by atoms with Gasteiger partial charge in [0.05, 0.1) is 4.90 Å². The monoisotopic (exact) mass is 368 g/mol. The first-order valence-electron chi connectivity index (χ1n) is 7.06. The molecule has 4 aromatic rings. The molecule has 0 fully saturated rings. The second-order valence-corrected chi connectivity index (χ2v) is 7.20. The number of furan rings is 1. The van der Waals surface area contributed by atoms with Crippen molar-refractivity contribution in [2.75, 3.05) is 0 Å². The third kappa shape index (κ3) is 2.34. The molecule has 0 saturated carbocycles. The summed E-state index contributed by atoms with van der Waals surface area (Å²) in [7, 11) is 0. The molecular formula is C19H13BrOS. The zero-order valence-corrected chi connectivity index (χ0v) is 14.4. The average molecular weight is 369 g/mol. The van der Waals surface area contributed by atoms with E-state index in [9.17, 15) is 0 Å². The largest absolute Gasteiger partial charge is 0.460 e. The molecule has 0 amide bonds. The lowest BCUT2D eigenvalue weighted by Gasteiger charge is -2.03. The molecular weight excluding hydrogens is 356 g/mol. The van der Waals surface area contributed by atoms with Crippen LogP contribution in [0.4, 0.5) is 0 Å². The summed E-state index contributed by atoms with van der Waals surface area (Å²) in [5.41, 5.74) is 0.954. The van der Waals surface area contributed by atoms with E-state index in [4.69, 9.17) is 4.42 Å². The Morgan fingerprint density at radius 2 is 1.68 bits per heavy atom. The van der Waals surface area contributed by atoms with Crippen LogP contribution in [0.5, 0.6) is 0 Å². The van der Waals surface area contributed by atoms with Gasteiger partial charge in [0.15, 0.2) is 0 Å². The Balaban J connectivity index is 1.94. The van der Waals surface area contributed by atoms with Gasteiger partial charge in [0.1, 0.15) is 11.3 Å². The first kappa shape index (κ1) is 13.9. The number of hydrogen-bond acceptors (Lipinski definition) is 2. The molecule has 0 saturated heterocycles. The van der Waals surface area contributed by atoms with Gasteiger partial charge in [0.25, 0.3) is 0 Å². The van der Waals surface area contributed by atoms with E-state index in [-0.39, 0.29) is 0 Å². The predicted molar refractivity (Wildman–Crippen MR) is 96.7 cm³/mol. The lowest BCUT2D eigenvalue weighted by Crippen LogP contribution is -1.78. The summed E-state index contributed by atoms with van der Waals surface area (Å²) in [4.78, 5) is 2.41. The summed E-state index contributed by atoms with van der Waals surface area (Å²) in [6.45, 7) is 2.04. The third-order valence-corrected chi connectivity index (χ3v) is 5.47. The van der Waals surface area contributed by atoms with Crippen molar-refractivity contribution in [2.24, 2.45) is 0 Å². The molecule has 0 spiro atoms. The summed E-state index contributed by atoms with van der Waals surface area (Å²) >= 11 is 5.24. The molecule has 0 atom stereocenters. The van der Waals surface area contributed by atoms with Gasteiger partial charge in [-0.25, -0.2) is 0 Å². The molecule has 1 heterocycles. The fourth-order valence-corrected chi connectivity index (χ4v) is 3.97. The van der Waals surface area contributed by atoms with E-state index >= 15 is 0 Å². The van der Waals surface area contributed by atoms with Crippen molar-refractivity contribution >= 4 is 49.4 Å². The van der Waals surface area contributed by atoms with Crippen LogP contribution < -0.4 is 0 Å². The molecule has 0 aliphatic carbocycles. The number of halogens is 1. The Hall–Kier alpha value is -1.71. The molecule has 0 aliphatic rings. The zero-order chi connectivity index (χ0) is 15.1.